The molecule has 0 spiro atoms. The fourth-order valence-electron chi connectivity index (χ4n) is 5.74. The smallest absolute Gasteiger partial charge is 0.0125 e. The zero-order valence-corrected chi connectivity index (χ0v) is 16.9. The van der Waals surface area contributed by atoms with E-state index in [0.29, 0.717) is 0 Å². The Morgan fingerprint density at radius 1 is 1.00 bits per heavy atom. The normalized spacial score (nSPS) is 36.9. The molecule has 24 heavy (non-hydrogen) atoms. The number of hydrogen-bond donors (Lipinski definition) is 0. The summed E-state index contributed by atoms with van der Waals surface area (Å²) in [6, 6.07) is 0. The second-order valence-corrected chi connectivity index (χ2v) is 9.71. The van der Waals surface area contributed by atoms with Crippen molar-refractivity contribution in [2.24, 2.45) is 17.8 Å². The first kappa shape index (κ1) is 20.6. The molecule has 0 bridgehead atoms. The lowest BCUT2D eigenvalue weighted by atomic mass is 9.69. The van der Waals surface area contributed by atoms with E-state index in [1.165, 1.54) is 83.7 Å². The summed E-state index contributed by atoms with van der Waals surface area (Å²) in [5.41, 5.74) is 1.95. The molecule has 2 aliphatic heterocycles. The van der Waals surface area contributed by atoms with Gasteiger partial charge in [-0.1, -0.05) is 18.4 Å². The van der Waals surface area contributed by atoms with Crippen LogP contribution in [0.3, 0.4) is 0 Å². The first-order valence-electron chi connectivity index (χ1n) is 9.88. The molecule has 2 heterocycles. The molecule has 4 heteroatoms. The molecule has 4 unspecified atom stereocenters. The zero-order valence-electron chi connectivity index (χ0n) is 15.3. The van der Waals surface area contributed by atoms with E-state index in [1.807, 2.05) is 10.5 Å². The van der Waals surface area contributed by atoms with Gasteiger partial charge in [-0.25, -0.2) is 0 Å². The molecule has 0 amide bonds. The molecule has 4 aliphatic rings. The van der Waals surface area contributed by atoms with E-state index in [9.17, 15) is 0 Å². The van der Waals surface area contributed by atoms with Crippen LogP contribution in [0.15, 0.2) is 10.5 Å². The van der Waals surface area contributed by atoms with Gasteiger partial charge in [-0.05, 0) is 94.0 Å². The van der Waals surface area contributed by atoms with Crippen molar-refractivity contribution in [2.75, 3.05) is 20.1 Å². The highest BCUT2D eigenvalue weighted by molar-refractivity contribution is 8.03. The third-order valence-corrected chi connectivity index (χ3v) is 8.42. The molecule has 2 N–H and O–H groups in total. The van der Waals surface area contributed by atoms with Gasteiger partial charge < -0.3 is 10.4 Å². The molecule has 0 aromatic heterocycles. The number of nitrogens with zero attached hydrogens (tertiary/aromatic N) is 1. The minimum Gasteiger partial charge on any atom is -0.412 e. The van der Waals surface area contributed by atoms with Gasteiger partial charge in [-0.15, -0.1) is 24.2 Å². The number of fused-ring (bicyclic) bond motifs is 1. The molecule has 0 radical (unpaired) electrons. The lowest BCUT2D eigenvalue weighted by molar-refractivity contribution is 0.162. The highest BCUT2D eigenvalue weighted by Crippen LogP contribution is 2.54. The fourth-order valence-corrected chi connectivity index (χ4v) is 7.56. The molecule has 4 atom stereocenters. The summed E-state index contributed by atoms with van der Waals surface area (Å²) >= 11 is 2.33. The number of likely N-dealkylation sites (tertiary alicyclic amines) is 1. The quantitative estimate of drug-likeness (QED) is 0.677. The third kappa shape index (κ3) is 4.34. The monoisotopic (exact) mass is 373 g/mol. The Morgan fingerprint density at radius 2 is 1.79 bits per heavy atom. The summed E-state index contributed by atoms with van der Waals surface area (Å²) in [5.74, 6) is 2.98. The maximum Gasteiger partial charge on any atom is 0.0125 e. The Bertz CT molecular complexity index is 441. The Kier molecular flexibility index (Phi) is 7.99. The van der Waals surface area contributed by atoms with Crippen molar-refractivity contribution in [3.63, 3.8) is 0 Å². The van der Waals surface area contributed by atoms with Crippen LogP contribution in [0, 0.1) is 17.8 Å². The fraction of sp³-hybridized carbons (Fsp3) is 0.900. The zero-order chi connectivity index (χ0) is 14.9. The van der Waals surface area contributed by atoms with Crippen molar-refractivity contribution in [3.05, 3.63) is 10.5 Å². The minimum absolute atomic E-state index is 0. The van der Waals surface area contributed by atoms with Crippen molar-refractivity contribution in [1.82, 2.24) is 4.90 Å². The topological polar surface area (TPSA) is 34.7 Å². The molecule has 0 aromatic carbocycles. The largest absolute Gasteiger partial charge is 0.412 e. The van der Waals surface area contributed by atoms with Crippen molar-refractivity contribution in [3.8, 4) is 0 Å². The predicted octanol–water partition coefficient (Wildman–Crippen LogP) is 5.07. The third-order valence-electron chi connectivity index (χ3n) is 6.78. The van der Waals surface area contributed by atoms with E-state index < -0.39 is 0 Å². The Balaban J connectivity index is 0.00000104. The van der Waals surface area contributed by atoms with Crippen molar-refractivity contribution in [1.29, 1.82) is 0 Å². The summed E-state index contributed by atoms with van der Waals surface area (Å²) in [7, 11) is 2.33. The van der Waals surface area contributed by atoms with Crippen LogP contribution in [0.4, 0.5) is 0 Å². The molecule has 4 rings (SSSR count). The summed E-state index contributed by atoms with van der Waals surface area (Å²) < 4.78 is 0. The number of halogens is 1. The van der Waals surface area contributed by atoms with Crippen molar-refractivity contribution < 1.29 is 5.48 Å². The van der Waals surface area contributed by atoms with E-state index in [0.717, 1.165) is 23.0 Å². The molecule has 140 valence electrons. The van der Waals surface area contributed by atoms with Gasteiger partial charge in [0.05, 0.1) is 0 Å². The first-order chi connectivity index (χ1) is 10.8. The molecule has 1 saturated carbocycles. The van der Waals surface area contributed by atoms with Crippen molar-refractivity contribution >= 4 is 24.2 Å². The van der Waals surface area contributed by atoms with Crippen LogP contribution in [-0.2, 0) is 0 Å². The number of rotatable bonds is 2. The highest BCUT2D eigenvalue weighted by atomic mass is 35.5. The van der Waals surface area contributed by atoms with Gasteiger partial charge in [-0.3, -0.25) is 0 Å². The van der Waals surface area contributed by atoms with Crippen LogP contribution in [0.5, 0.6) is 0 Å². The van der Waals surface area contributed by atoms with E-state index >= 15 is 0 Å². The summed E-state index contributed by atoms with van der Waals surface area (Å²) in [4.78, 5) is 4.45. The van der Waals surface area contributed by atoms with Crippen molar-refractivity contribution in [2.45, 2.75) is 75.9 Å². The molecular weight excluding hydrogens is 338 g/mol. The number of allylic oxidation sites excluding steroid dienone is 2. The maximum atomic E-state index is 2.58. The van der Waals surface area contributed by atoms with Gasteiger partial charge in [0, 0.05) is 11.8 Å². The Labute approximate surface area is 158 Å². The average Bonchev–Trinajstić information content (AvgIpc) is 2.55. The molecule has 2 nitrogen and oxygen atoms in total. The molecule has 0 aromatic rings. The molecule has 2 fully saturated rings. The Morgan fingerprint density at radius 3 is 2.62 bits per heavy atom. The van der Waals surface area contributed by atoms with Crippen LogP contribution in [-0.4, -0.2) is 35.8 Å². The van der Waals surface area contributed by atoms with Gasteiger partial charge in [0.2, 0.25) is 0 Å². The standard InChI is InChI=1S/C20H33NS.ClH.H2O/c1-21-12-6-7-15(14-21)13-18-16-8-2-4-10-19(16)22-20-11-5-3-9-17(18)20;;/h15-16,18-19H,2-14H2,1H3;1H;1H2. The first-order valence-corrected chi connectivity index (χ1v) is 10.8. The van der Waals surface area contributed by atoms with E-state index in [4.69, 9.17) is 0 Å². The van der Waals surface area contributed by atoms with Crippen LogP contribution < -0.4 is 0 Å². The molecule has 1 saturated heterocycles. The highest BCUT2D eigenvalue weighted by Gasteiger charge is 2.41. The summed E-state index contributed by atoms with van der Waals surface area (Å²) in [6.45, 7) is 2.70. The summed E-state index contributed by atoms with van der Waals surface area (Å²) in [6.07, 6.45) is 16.3. The maximum absolute atomic E-state index is 2.58. The lowest BCUT2D eigenvalue weighted by Crippen LogP contribution is -2.39. The van der Waals surface area contributed by atoms with Crippen LogP contribution >= 0.6 is 24.2 Å². The second kappa shape index (κ2) is 9.30. The number of piperidine rings is 1. The van der Waals surface area contributed by atoms with Crippen LogP contribution in [0.2, 0.25) is 0 Å². The Hall–Kier alpha value is 0.300. The van der Waals surface area contributed by atoms with E-state index in [-0.39, 0.29) is 17.9 Å². The van der Waals surface area contributed by atoms with Gasteiger partial charge in [0.15, 0.2) is 0 Å². The number of hydrogen-bond acceptors (Lipinski definition) is 2. The van der Waals surface area contributed by atoms with Gasteiger partial charge in [0.1, 0.15) is 0 Å². The van der Waals surface area contributed by atoms with E-state index in [1.54, 1.807) is 0 Å². The van der Waals surface area contributed by atoms with E-state index in [2.05, 4.69) is 23.7 Å². The average molecular weight is 374 g/mol. The second-order valence-electron chi connectivity index (χ2n) is 8.37. The van der Waals surface area contributed by atoms with Gasteiger partial charge in [-0.2, -0.15) is 0 Å². The predicted molar refractivity (Wildman–Crippen MR) is 108 cm³/mol. The summed E-state index contributed by atoms with van der Waals surface area (Å²) in [5, 5.41) is 0.983. The van der Waals surface area contributed by atoms with Crippen LogP contribution in [0.1, 0.15) is 70.6 Å². The lowest BCUT2D eigenvalue weighted by Gasteiger charge is -2.46. The molecular formula is C20H36ClNOS. The molecule has 2 aliphatic carbocycles. The SMILES string of the molecule is CN1CCCC(CC2C3=C(CCCC3)SC3CCCCC32)C1.Cl.O. The number of thioether (sulfide) groups is 1. The van der Waals surface area contributed by atoms with Crippen LogP contribution in [0.25, 0.3) is 0 Å². The minimum atomic E-state index is 0. The van der Waals surface area contributed by atoms with Gasteiger partial charge >= 0.3 is 0 Å². The van der Waals surface area contributed by atoms with Gasteiger partial charge in [0.25, 0.3) is 0 Å².